The van der Waals surface area contributed by atoms with Crippen LogP contribution in [0.1, 0.15) is 51.9 Å². The van der Waals surface area contributed by atoms with E-state index in [0.29, 0.717) is 36.5 Å². The van der Waals surface area contributed by atoms with Crippen LogP contribution in [0.25, 0.3) is 0 Å². The zero-order valence-corrected chi connectivity index (χ0v) is 18.5. The van der Waals surface area contributed by atoms with Gasteiger partial charge in [0.1, 0.15) is 5.78 Å². The van der Waals surface area contributed by atoms with Gasteiger partial charge in [0.15, 0.2) is 5.78 Å². The Morgan fingerprint density at radius 2 is 1.75 bits per heavy atom. The summed E-state index contributed by atoms with van der Waals surface area (Å²) in [5, 5.41) is 6.23. The fraction of sp³-hybridized carbons (Fsp3) is 0.333. The molecule has 8 heteroatoms. The van der Waals surface area contributed by atoms with E-state index in [1.807, 2.05) is 37.3 Å². The number of hydrogen-bond donors (Lipinski definition) is 2. The quantitative estimate of drug-likeness (QED) is 0.679. The Morgan fingerprint density at radius 1 is 1.06 bits per heavy atom. The highest BCUT2D eigenvalue weighted by atomic mass is 35.5. The normalized spacial score (nSPS) is 18.0. The van der Waals surface area contributed by atoms with Crippen LogP contribution in [0.2, 0.25) is 5.02 Å². The van der Waals surface area contributed by atoms with Crippen molar-refractivity contribution in [3.8, 4) is 0 Å². The fourth-order valence-corrected chi connectivity index (χ4v) is 4.30. The number of urea groups is 1. The highest BCUT2D eigenvalue weighted by Gasteiger charge is 2.38. The third kappa shape index (κ3) is 4.67. The van der Waals surface area contributed by atoms with Gasteiger partial charge in [-0.3, -0.25) is 14.4 Å². The molecule has 2 aromatic rings. The predicted octanol–water partition coefficient (Wildman–Crippen LogP) is 3.29. The van der Waals surface area contributed by atoms with E-state index < -0.39 is 6.04 Å². The molecule has 166 valence electrons. The molecule has 0 saturated heterocycles. The molecule has 1 atom stereocenters. The maximum atomic E-state index is 12.9. The third-order valence-corrected chi connectivity index (χ3v) is 6.37. The molecule has 0 spiro atoms. The van der Waals surface area contributed by atoms with Gasteiger partial charge in [-0.15, -0.1) is 0 Å². The second-order valence-electron chi connectivity index (χ2n) is 8.28. The molecule has 1 fully saturated rings. The first-order chi connectivity index (χ1) is 15.3. The molecule has 32 heavy (non-hydrogen) atoms. The van der Waals surface area contributed by atoms with Gasteiger partial charge in [-0.2, -0.15) is 0 Å². The van der Waals surface area contributed by atoms with Gasteiger partial charge in [0.05, 0.1) is 12.5 Å². The first-order valence-electron chi connectivity index (χ1n) is 10.6. The van der Waals surface area contributed by atoms with Crippen LogP contribution < -0.4 is 10.6 Å². The molecule has 2 aromatic carbocycles. The maximum Gasteiger partial charge on any atom is 0.315 e. The van der Waals surface area contributed by atoms with Crippen molar-refractivity contribution < 1.29 is 19.2 Å². The van der Waals surface area contributed by atoms with Crippen molar-refractivity contribution in [2.24, 2.45) is 0 Å². The lowest BCUT2D eigenvalue weighted by Crippen LogP contribution is -2.44. The minimum Gasteiger partial charge on any atom is -0.334 e. The molecule has 1 unspecified atom stereocenters. The zero-order valence-electron chi connectivity index (χ0n) is 17.7. The summed E-state index contributed by atoms with van der Waals surface area (Å²) in [6.07, 6.45) is 0.623. The van der Waals surface area contributed by atoms with Crippen LogP contribution in [0.5, 0.6) is 0 Å². The largest absolute Gasteiger partial charge is 0.334 e. The number of nitrogens with one attached hydrogen (secondary N) is 2. The van der Waals surface area contributed by atoms with E-state index in [0.717, 1.165) is 22.3 Å². The second kappa shape index (κ2) is 9.12. The zero-order chi connectivity index (χ0) is 22.8. The summed E-state index contributed by atoms with van der Waals surface area (Å²) in [5.74, 6) is -0.446. The SMILES string of the molecule is Cc1ccc(CNC(=O)NCc2ccc3c(c2)C(=O)N(C2CCC(=O)CC2=O)C3)cc1Cl. The van der Waals surface area contributed by atoms with Gasteiger partial charge in [-0.25, -0.2) is 4.79 Å². The number of Topliss-reactive ketones (excluding diaryl/α,β-unsaturated/α-hetero) is 2. The first kappa shape index (κ1) is 22.0. The lowest BCUT2D eigenvalue weighted by Gasteiger charge is -2.29. The number of benzene rings is 2. The summed E-state index contributed by atoms with van der Waals surface area (Å²) < 4.78 is 0. The summed E-state index contributed by atoms with van der Waals surface area (Å²) in [4.78, 5) is 50.4. The van der Waals surface area contributed by atoms with Crippen LogP contribution in [0.15, 0.2) is 36.4 Å². The van der Waals surface area contributed by atoms with Crippen molar-refractivity contribution >= 4 is 35.1 Å². The highest BCUT2D eigenvalue weighted by Crippen LogP contribution is 2.29. The van der Waals surface area contributed by atoms with Crippen LogP contribution in [-0.2, 0) is 29.2 Å². The number of fused-ring (bicyclic) bond motifs is 1. The van der Waals surface area contributed by atoms with E-state index in [1.165, 1.54) is 0 Å². The molecular weight excluding hydrogens is 430 g/mol. The van der Waals surface area contributed by atoms with Crippen LogP contribution in [0.3, 0.4) is 0 Å². The average Bonchev–Trinajstić information content (AvgIpc) is 3.09. The standard InChI is InChI=1S/C24H24ClN3O4/c1-14-2-3-16(9-20(14)25)12-27-24(32)26-11-15-4-5-17-13-28(23(31)19(17)8-15)21-7-6-18(29)10-22(21)30/h2-5,8-9,21H,6-7,10-13H2,1H3,(H2,26,27,32). The van der Waals surface area contributed by atoms with Gasteiger partial charge in [-0.1, -0.05) is 35.9 Å². The molecule has 7 nitrogen and oxygen atoms in total. The molecule has 1 aliphatic carbocycles. The molecule has 4 rings (SSSR count). The average molecular weight is 454 g/mol. The van der Waals surface area contributed by atoms with Crippen molar-refractivity contribution in [1.29, 1.82) is 0 Å². The Bertz CT molecular complexity index is 1110. The van der Waals surface area contributed by atoms with Gasteiger partial charge in [0, 0.05) is 36.6 Å². The van der Waals surface area contributed by atoms with Gasteiger partial charge >= 0.3 is 6.03 Å². The number of rotatable bonds is 5. The summed E-state index contributed by atoms with van der Waals surface area (Å²) in [5.41, 5.74) is 4.06. The van der Waals surface area contributed by atoms with E-state index in [9.17, 15) is 19.2 Å². The van der Waals surface area contributed by atoms with Gasteiger partial charge in [0.25, 0.3) is 5.91 Å². The van der Waals surface area contributed by atoms with E-state index >= 15 is 0 Å². The van der Waals surface area contributed by atoms with Crippen LogP contribution in [0.4, 0.5) is 4.79 Å². The number of hydrogen-bond acceptors (Lipinski definition) is 4. The van der Waals surface area contributed by atoms with E-state index in [2.05, 4.69) is 10.6 Å². The minimum absolute atomic E-state index is 0.0625. The number of carbonyl (C=O) groups is 4. The topological polar surface area (TPSA) is 95.6 Å². The number of ketones is 2. The number of halogens is 1. The van der Waals surface area contributed by atoms with Crippen LogP contribution >= 0.6 is 11.6 Å². The van der Waals surface area contributed by atoms with E-state index in [-0.39, 0.29) is 36.5 Å². The van der Waals surface area contributed by atoms with Crippen molar-refractivity contribution in [3.05, 3.63) is 69.2 Å². The lowest BCUT2D eigenvalue weighted by atomic mass is 9.92. The molecule has 1 aliphatic heterocycles. The summed E-state index contributed by atoms with van der Waals surface area (Å²) in [6, 6.07) is 10.3. The number of amides is 3. The van der Waals surface area contributed by atoms with Gasteiger partial charge in [-0.05, 0) is 47.7 Å². The Kier molecular flexibility index (Phi) is 6.28. The predicted molar refractivity (Wildman–Crippen MR) is 119 cm³/mol. The third-order valence-electron chi connectivity index (χ3n) is 5.96. The summed E-state index contributed by atoms with van der Waals surface area (Å²) in [7, 11) is 0. The molecule has 2 aliphatic rings. The number of nitrogens with zero attached hydrogens (tertiary/aromatic N) is 1. The molecule has 1 saturated carbocycles. The van der Waals surface area contributed by atoms with Crippen molar-refractivity contribution in [3.63, 3.8) is 0 Å². The van der Waals surface area contributed by atoms with Gasteiger partial charge < -0.3 is 15.5 Å². The first-order valence-corrected chi connectivity index (χ1v) is 10.9. The number of aryl methyl sites for hydroxylation is 1. The molecule has 2 N–H and O–H groups in total. The van der Waals surface area contributed by atoms with Gasteiger partial charge in [0.2, 0.25) is 0 Å². The molecule has 0 radical (unpaired) electrons. The molecular formula is C24H24ClN3O4. The fourth-order valence-electron chi connectivity index (χ4n) is 4.09. The second-order valence-corrected chi connectivity index (χ2v) is 8.69. The highest BCUT2D eigenvalue weighted by molar-refractivity contribution is 6.31. The summed E-state index contributed by atoms with van der Waals surface area (Å²) in [6.45, 7) is 2.89. The summed E-state index contributed by atoms with van der Waals surface area (Å²) >= 11 is 6.11. The Hall–Kier alpha value is -3.19. The Balaban J connectivity index is 1.33. The molecule has 1 heterocycles. The van der Waals surface area contributed by atoms with Crippen LogP contribution in [0, 0.1) is 6.92 Å². The van der Waals surface area contributed by atoms with E-state index in [1.54, 1.807) is 11.0 Å². The maximum absolute atomic E-state index is 12.9. The van der Waals surface area contributed by atoms with Crippen LogP contribution in [-0.4, -0.2) is 34.4 Å². The lowest BCUT2D eigenvalue weighted by molar-refractivity contribution is -0.133. The Morgan fingerprint density at radius 3 is 2.44 bits per heavy atom. The smallest absolute Gasteiger partial charge is 0.315 e. The van der Waals surface area contributed by atoms with Crippen molar-refractivity contribution in [1.82, 2.24) is 15.5 Å². The van der Waals surface area contributed by atoms with E-state index in [4.69, 9.17) is 11.6 Å². The monoisotopic (exact) mass is 453 g/mol. The van der Waals surface area contributed by atoms with Crippen molar-refractivity contribution in [2.45, 2.75) is 51.9 Å². The molecule has 0 aromatic heterocycles. The van der Waals surface area contributed by atoms with Crippen molar-refractivity contribution in [2.75, 3.05) is 0 Å². The Labute approximate surface area is 191 Å². The number of carbonyl (C=O) groups excluding carboxylic acids is 4. The molecule has 0 bridgehead atoms. The minimum atomic E-state index is -0.532. The molecule has 3 amide bonds.